The standard InChI is InChI=1S/C28H25F3N4O2S/c29-28(30,31)21-5-11-24(12-6-21)38(36,37)35(23-9-10-23)16-18-2-1-3-19(14-18)20-4-13-26-25(15-20)27(33-17-32-26)34-22-7-8-22/h1-6,11-15,17,22-23H,7-10,16H2,(H,32,33,34). The highest BCUT2D eigenvalue weighted by Gasteiger charge is 2.38. The molecule has 0 bridgehead atoms. The summed E-state index contributed by atoms with van der Waals surface area (Å²) in [5, 5.41) is 4.37. The highest BCUT2D eigenvalue weighted by atomic mass is 32.2. The van der Waals surface area contributed by atoms with Crippen molar-refractivity contribution in [1.82, 2.24) is 14.3 Å². The summed E-state index contributed by atoms with van der Waals surface area (Å²) in [4.78, 5) is 8.66. The van der Waals surface area contributed by atoms with Crippen molar-refractivity contribution in [2.75, 3.05) is 5.32 Å². The van der Waals surface area contributed by atoms with Crippen molar-refractivity contribution in [3.63, 3.8) is 0 Å². The monoisotopic (exact) mass is 538 g/mol. The van der Waals surface area contributed by atoms with Gasteiger partial charge in [0.05, 0.1) is 16.0 Å². The Bertz CT molecular complexity index is 1600. The van der Waals surface area contributed by atoms with Gasteiger partial charge in [0.1, 0.15) is 12.1 Å². The quantitative estimate of drug-likeness (QED) is 0.287. The molecule has 1 N–H and O–H groups in total. The average Bonchev–Trinajstić information content (AvgIpc) is 3.83. The summed E-state index contributed by atoms with van der Waals surface area (Å²) in [5.41, 5.74) is 2.64. The number of alkyl halides is 3. The maximum atomic E-state index is 13.4. The van der Waals surface area contributed by atoms with E-state index < -0.39 is 21.8 Å². The Morgan fingerprint density at radius 2 is 1.63 bits per heavy atom. The van der Waals surface area contributed by atoms with E-state index in [0.29, 0.717) is 6.04 Å². The smallest absolute Gasteiger partial charge is 0.367 e. The predicted molar refractivity (Wildman–Crippen MR) is 139 cm³/mol. The summed E-state index contributed by atoms with van der Waals surface area (Å²) < 4.78 is 67.2. The minimum atomic E-state index is -4.53. The molecule has 0 aliphatic heterocycles. The molecular weight excluding hydrogens is 513 g/mol. The van der Waals surface area contributed by atoms with Gasteiger partial charge in [-0.3, -0.25) is 0 Å². The van der Waals surface area contributed by atoms with Crippen molar-refractivity contribution in [3.05, 3.63) is 84.2 Å². The molecule has 6 nitrogen and oxygen atoms in total. The SMILES string of the molecule is O=S(=O)(c1ccc(C(F)(F)F)cc1)N(Cc1cccc(-c2ccc3ncnc(NC4CC4)c3c2)c1)C1CC1. The Hall–Kier alpha value is -3.50. The minimum Gasteiger partial charge on any atom is -0.367 e. The molecule has 1 aromatic heterocycles. The number of anilines is 1. The topological polar surface area (TPSA) is 75.2 Å². The fourth-order valence-corrected chi connectivity index (χ4v) is 6.20. The molecule has 38 heavy (non-hydrogen) atoms. The number of hydrogen-bond donors (Lipinski definition) is 1. The Labute approximate surface area is 218 Å². The Kier molecular flexibility index (Phi) is 6.11. The van der Waals surface area contributed by atoms with Crippen LogP contribution in [0.1, 0.15) is 36.8 Å². The Balaban J connectivity index is 1.29. The van der Waals surface area contributed by atoms with Gasteiger partial charge >= 0.3 is 6.18 Å². The molecule has 6 rings (SSSR count). The second-order valence-electron chi connectivity index (χ2n) is 9.88. The van der Waals surface area contributed by atoms with E-state index in [-0.39, 0.29) is 17.5 Å². The van der Waals surface area contributed by atoms with Gasteiger partial charge in [-0.1, -0.05) is 24.3 Å². The Morgan fingerprint density at radius 3 is 2.32 bits per heavy atom. The van der Waals surface area contributed by atoms with Gasteiger partial charge in [0.2, 0.25) is 10.0 Å². The maximum Gasteiger partial charge on any atom is 0.416 e. The number of aromatic nitrogens is 2. The molecule has 0 atom stereocenters. The first kappa shape index (κ1) is 24.8. The van der Waals surface area contributed by atoms with Crippen LogP contribution in [0, 0.1) is 0 Å². The Morgan fingerprint density at radius 1 is 0.895 bits per heavy atom. The molecule has 2 saturated carbocycles. The molecule has 2 fully saturated rings. The van der Waals surface area contributed by atoms with Crippen LogP contribution in [0.15, 0.2) is 78.0 Å². The summed E-state index contributed by atoms with van der Waals surface area (Å²) in [7, 11) is -3.97. The number of benzene rings is 3. The van der Waals surface area contributed by atoms with Gasteiger partial charge in [-0.15, -0.1) is 0 Å². The number of hydrogen-bond acceptors (Lipinski definition) is 5. The minimum absolute atomic E-state index is 0.132. The van der Waals surface area contributed by atoms with Gasteiger partial charge in [0.15, 0.2) is 0 Å². The number of rotatable bonds is 8. The van der Waals surface area contributed by atoms with Crippen molar-refractivity contribution in [2.45, 2.75) is 55.4 Å². The van der Waals surface area contributed by atoms with E-state index in [1.807, 2.05) is 42.5 Å². The van der Waals surface area contributed by atoms with E-state index in [0.717, 1.165) is 83.4 Å². The lowest BCUT2D eigenvalue weighted by Gasteiger charge is -2.22. The first-order chi connectivity index (χ1) is 18.2. The molecule has 2 aliphatic carbocycles. The lowest BCUT2D eigenvalue weighted by Crippen LogP contribution is -2.32. The van der Waals surface area contributed by atoms with Crippen LogP contribution in [0.25, 0.3) is 22.0 Å². The van der Waals surface area contributed by atoms with Crippen molar-refractivity contribution in [2.24, 2.45) is 0 Å². The lowest BCUT2D eigenvalue weighted by atomic mass is 10.0. The molecule has 2 aliphatic rings. The largest absolute Gasteiger partial charge is 0.416 e. The third kappa shape index (κ3) is 5.10. The average molecular weight is 539 g/mol. The van der Waals surface area contributed by atoms with Crippen molar-refractivity contribution in [3.8, 4) is 11.1 Å². The van der Waals surface area contributed by atoms with Gasteiger partial charge in [-0.05, 0) is 84.8 Å². The summed E-state index contributed by atoms with van der Waals surface area (Å²) in [5.74, 6) is 0.804. The van der Waals surface area contributed by atoms with Crippen LogP contribution in [0.3, 0.4) is 0 Å². The second kappa shape index (κ2) is 9.36. The summed E-state index contributed by atoms with van der Waals surface area (Å²) in [6, 6.07) is 17.6. The van der Waals surface area contributed by atoms with Crippen LogP contribution < -0.4 is 5.32 Å². The van der Waals surface area contributed by atoms with E-state index in [4.69, 9.17) is 0 Å². The molecule has 0 amide bonds. The van der Waals surface area contributed by atoms with E-state index in [9.17, 15) is 21.6 Å². The van der Waals surface area contributed by atoms with Crippen molar-refractivity contribution in [1.29, 1.82) is 0 Å². The highest BCUT2D eigenvalue weighted by molar-refractivity contribution is 7.89. The normalized spacial score (nSPS) is 16.2. The molecule has 196 valence electrons. The van der Waals surface area contributed by atoms with Gasteiger partial charge in [0, 0.05) is 24.0 Å². The summed E-state index contributed by atoms with van der Waals surface area (Å²) >= 11 is 0. The lowest BCUT2D eigenvalue weighted by molar-refractivity contribution is -0.137. The van der Waals surface area contributed by atoms with Crippen LogP contribution in [-0.2, 0) is 22.7 Å². The van der Waals surface area contributed by atoms with Crippen molar-refractivity contribution < 1.29 is 21.6 Å². The zero-order chi connectivity index (χ0) is 26.5. The zero-order valence-electron chi connectivity index (χ0n) is 20.3. The van der Waals surface area contributed by atoms with E-state index in [2.05, 4.69) is 15.3 Å². The first-order valence-corrected chi connectivity index (χ1v) is 13.9. The van der Waals surface area contributed by atoms with Crippen LogP contribution in [0.4, 0.5) is 19.0 Å². The third-order valence-corrected chi connectivity index (χ3v) is 8.81. The predicted octanol–water partition coefficient (Wildman–Crippen LogP) is 6.24. The van der Waals surface area contributed by atoms with Crippen LogP contribution in [-0.4, -0.2) is 34.8 Å². The number of nitrogens with zero attached hydrogens (tertiary/aromatic N) is 3. The molecular formula is C28H25F3N4O2S. The van der Waals surface area contributed by atoms with Crippen LogP contribution in [0.2, 0.25) is 0 Å². The molecule has 0 saturated heterocycles. The molecule has 0 spiro atoms. The molecule has 10 heteroatoms. The van der Waals surface area contributed by atoms with Crippen molar-refractivity contribution >= 4 is 26.7 Å². The summed E-state index contributed by atoms with van der Waals surface area (Å²) in [6.45, 7) is 0.132. The first-order valence-electron chi connectivity index (χ1n) is 12.5. The number of halogens is 3. The molecule has 0 radical (unpaired) electrons. The van der Waals surface area contributed by atoms with Gasteiger partial charge in [0.25, 0.3) is 0 Å². The molecule has 3 aromatic carbocycles. The van der Waals surface area contributed by atoms with Gasteiger partial charge in [-0.2, -0.15) is 17.5 Å². The van der Waals surface area contributed by atoms with Gasteiger partial charge in [-0.25, -0.2) is 18.4 Å². The van der Waals surface area contributed by atoms with Crippen LogP contribution >= 0.6 is 0 Å². The third-order valence-electron chi connectivity index (χ3n) is 6.89. The van der Waals surface area contributed by atoms with E-state index in [1.54, 1.807) is 6.33 Å². The maximum absolute atomic E-state index is 13.4. The molecule has 0 unspecified atom stereocenters. The number of nitrogens with one attached hydrogen (secondary N) is 1. The van der Waals surface area contributed by atoms with E-state index in [1.165, 1.54) is 4.31 Å². The summed E-state index contributed by atoms with van der Waals surface area (Å²) in [6.07, 6.45) is 0.724. The van der Waals surface area contributed by atoms with E-state index >= 15 is 0 Å². The fourth-order valence-electron chi connectivity index (χ4n) is 4.53. The fraction of sp³-hybridized carbons (Fsp3) is 0.286. The molecule has 1 heterocycles. The molecule has 4 aromatic rings. The number of fused-ring (bicyclic) bond motifs is 1. The second-order valence-corrected chi connectivity index (χ2v) is 11.8. The number of sulfonamides is 1. The van der Waals surface area contributed by atoms with Gasteiger partial charge < -0.3 is 5.32 Å². The van der Waals surface area contributed by atoms with Crippen LogP contribution in [0.5, 0.6) is 0 Å². The highest BCUT2D eigenvalue weighted by Crippen LogP contribution is 2.36. The zero-order valence-corrected chi connectivity index (χ0v) is 21.1.